The number of benzene rings is 1. The summed E-state index contributed by atoms with van der Waals surface area (Å²) in [5, 5.41) is 6.02. The van der Waals surface area contributed by atoms with Gasteiger partial charge in [0.1, 0.15) is 12.3 Å². The Morgan fingerprint density at radius 1 is 1.03 bits per heavy atom. The minimum atomic E-state index is -0.0926. The quantitative estimate of drug-likeness (QED) is 0.398. The first-order valence-electron chi connectivity index (χ1n) is 13.1. The number of rotatable bonds is 13. The van der Waals surface area contributed by atoms with E-state index in [9.17, 15) is 9.59 Å². The third-order valence-electron chi connectivity index (χ3n) is 6.84. The van der Waals surface area contributed by atoms with E-state index >= 15 is 0 Å². The van der Waals surface area contributed by atoms with E-state index in [4.69, 9.17) is 14.2 Å². The van der Waals surface area contributed by atoms with Crippen LogP contribution in [0.2, 0.25) is 0 Å². The number of piperidine rings is 1. The van der Waals surface area contributed by atoms with Gasteiger partial charge in [-0.15, -0.1) is 11.3 Å². The van der Waals surface area contributed by atoms with Gasteiger partial charge in [-0.25, -0.2) is 4.98 Å². The Morgan fingerprint density at radius 2 is 1.78 bits per heavy atom. The standard InChI is InChI=1S/C27H38N4O5S/c1-34-13-14-35-15-16-36-19-25(32)31-11-7-22(8-12-31)27-29-24(20-37-27)26(33)28-23-9-10-30(18-23)17-21-5-3-2-4-6-21/h2-6,20,22-23H,7-19H2,1H3,(H,28,33). The summed E-state index contributed by atoms with van der Waals surface area (Å²) >= 11 is 1.55. The van der Waals surface area contributed by atoms with Crippen molar-refractivity contribution in [2.75, 3.05) is 66.3 Å². The molecule has 0 spiro atoms. The zero-order valence-electron chi connectivity index (χ0n) is 21.6. The molecule has 2 aliphatic rings. The zero-order valence-corrected chi connectivity index (χ0v) is 22.4. The molecule has 9 nitrogen and oxygen atoms in total. The fourth-order valence-corrected chi connectivity index (χ4v) is 5.73. The molecule has 1 aromatic carbocycles. The highest BCUT2D eigenvalue weighted by Crippen LogP contribution is 2.30. The fourth-order valence-electron chi connectivity index (χ4n) is 4.76. The minimum absolute atomic E-state index is 0.00687. The van der Waals surface area contributed by atoms with Crippen molar-refractivity contribution < 1.29 is 23.8 Å². The van der Waals surface area contributed by atoms with Gasteiger partial charge in [-0.05, 0) is 24.8 Å². The first-order valence-corrected chi connectivity index (χ1v) is 13.9. The van der Waals surface area contributed by atoms with Gasteiger partial charge in [-0.1, -0.05) is 30.3 Å². The molecule has 2 amide bonds. The van der Waals surface area contributed by atoms with Gasteiger partial charge in [-0.2, -0.15) is 0 Å². The van der Waals surface area contributed by atoms with Gasteiger partial charge in [0.15, 0.2) is 0 Å². The van der Waals surface area contributed by atoms with Crippen LogP contribution in [-0.2, 0) is 25.5 Å². The molecule has 3 heterocycles. The second kappa shape index (κ2) is 14.5. The van der Waals surface area contributed by atoms with Crippen LogP contribution >= 0.6 is 11.3 Å². The van der Waals surface area contributed by atoms with Crippen LogP contribution < -0.4 is 5.32 Å². The van der Waals surface area contributed by atoms with Crippen molar-refractivity contribution in [3.63, 3.8) is 0 Å². The van der Waals surface area contributed by atoms with Gasteiger partial charge in [0, 0.05) is 57.2 Å². The molecule has 1 atom stereocenters. The number of ether oxygens (including phenoxy) is 3. The number of carbonyl (C=O) groups is 2. The maximum Gasteiger partial charge on any atom is 0.271 e. The van der Waals surface area contributed by atoms with Crippen LogP contribution in [0.5, 0.6) is 0 Å². The highest BCUT2D eigenvalue weighted by molar-refractivity contribution is 7.09. The van der Waals surface area contributed by atoms with E-state index < -0.39 is 0 Å². The molecule has 10 heteroatoms. The second-order valence-electron chi connectivity index (χ2n) is 9.56. The summed E-state index contributed by atoms with van der Waals surface area (Å²) in [5.74, 6) is 0.191. The number of aromatic nitrogens is 1. The summed E-state index contributed by atoms with van der Waals surface area (Å²) < 4.78 is 15.7. The highest BCUT2D eigenvalue weighted by atomic mass is 32.1. The molecule has 1 N–H and O–H groups in total. The van der Waals surface area contributed by atoms with Crippen LogP contribution in [0.1, 0.15) is 46.2 Å². The summed E-state index contributed by atoms with van der Waals surface area (Å²) in [6.45, 7) is 6.08. The molecule has 0 bridgehead atoms. The summed E-state index contributed by atoms with van der Waals surface area (Å²) in [6, 6.07) is 10.6. The molecule has 0 saturated carbocycles. The first kappa shape index (κ1) is 27.7. The number of nitrogens with zero attached hydrogens (tertiary/aromatic N) is 3. The number of hydrogen-bond donors (Lipinski definition) is 1. The number of amides is 2. The molecule has 2 saturated heterocycles. The van der Waals surface area contributed by atoms with Crippen molar-refractivity contribution in [2.24, 2.45) is 0 Å². The third-order valence-corrected chi connectivity index (χ3v) is 7.84. The Morgan fingerprint density at radius 3 is 2.57 bits per heavy atom. The molecule has 2 fully saturated rings. The van der Waals surface area contributed by atoms with E-state index in [2.05, 4.69) is 39.5 Å². The normalized spacial score (nSPS) is 18.8. The molecule has 1 unspecified atom stereocenters. The van der Waals surface area contributed by atoms with Crippen LogP contribution in [-0.4, -0.2) is 99.0 Å². The Labute approximate surface area is 223 Å². The Hall–Kier alpha value is -2.37. The van der Waals surface area contributed by atoms with Gasteiger partial charge in [0.2, 0.25) is 5.91 Å². The van der Waals surface area contributed by atoms with E-state index in [0.29, 0.717) is 45.2 Å². The number of thiazole rings is 1. The summed E-state index contributed by atoms with van der Waals surface area (Å²) in [5.41, 5.74) is 1.79. The van der Waals surface area contributed by atoms with E-state index in [1.807, 2.05) is 16.3 Å². The van der Waals surface area contributed by atoms with Crippen LogP contribution in [0.25, 0.3) is 0 Å². The number of hydrogen-bond acceptors (Lipinski definition) is 8. The minimum Gasteiger partial charge on any atom is -0.382 e. The Balaban J connectivity index is 1.14. The molecule has 0 radical (unpaired) electrons. The molecule has 0 aliphatic carbocycles. The average molecular weight is 531 g/mol. The smallest absolute Gasteiger partial charge is 0.271 e. The van der Waals surface area contributed by atoms with Gasteiger partial charge >= 0.3 is 0 Å². The summed E-state index contributed by atoms with van der Waals surface area (Å²) in [7, 11) is 1.63. The van der Waals surface area contributed by atoms with Crippen molar-refractivity contribution in [1.82, 2.24) is 20.1 Å². The highest BCUT2D eigenvalue weighted by Gasteiger charge is 2.28. The van der Waals surface area contributed by atoms with Gasteiger partial charge in [0.05, 0.1) is 31.4 Å². The van der Waals surface area contributed by atoms with Crippen molar-refractivity contribution in [2.45, 2.75) is 37.8 Å². The van der Waals surface area contributed by atoms with Gasteiger partial charge in [-0.3, -0.25) is 14.5 Å². The maximum absolute atomic E-state index is 12.8. The van der Waals surface area contributed by atoms with Crippen LogP contribution in [0, 0.1) is 0 Å². The number of methoxy groups -OCH3 is 1. The molecule has 2 aromatic rings. The summed E-state index contributed by atoms with van der Waals surface area (Å²) in [6.07, 6.45) is 2.64. The summed E-state index contributed by atoms with van der Waals surface area (Å²) in [4.78, 5) is 34.2. The fraction of sp³-hybridized carbons (Fsp3) is 0.593. The van der Waals surface area contributed by atoms with Crippen LogP contribution in [0.3, 0.4) is 0 Å². The van der Waals surface area contributed by atoms with E-state index in [1.165, 1.54) is 5.56 Å². The second-order valence-corrected chi connectivity index (χ2v) is 10.5. The van der Waals surface area contributed by atoms with Crippen molar-refractivity contribution >= 4 is 23.2 Å². The molecular weight excluding hydrogens is 492 g/mol. The monoisotopic (exact) mass is 530 g/mol. The molecule has 37 heavy (non-hydrogen) atoms. The lowest BCUT2D eigenvalue weighted by molar-refractivity contribution is -0.137. The Kier molecular flexibility index (Phi) is 10.9. The van der Waals surface area contributed by atoms with Crippen molar-refractivity contribution in [3.8, 4) is 0 Å². The molecule has 1 aromatic heterocycles. The molecule has 4 rings (SSSR count). The van der Waals surface area contributed by atoms with E-state index in [0.717, 1.165) is 43.9 Å². The average Bonchev–Trinajstić information content (AvgIpc) is 3.59. The maximum atomic E-state index is 12.8. The topological polar surface area (TPSA) is 93.2 Å². The number of carbonyl (C=O) groups excluding carboxylic acids is 2. The first-order chi connectivity index (χ1) is 18.1. The Bertz CT molecular complexity index is 980. The largest absolute Gasteiger partial charge is 0.382 e. The van der Waals surface area contributed by atoms with Crippen LogP contribution in [0.4, 0.5) is 0 Å². The van der Waals surface area contributed by atoms with E-state index in [-0.39, 0.29) is 30.4 Å². The predicted molar refractivity (Wildman–Crippen MR) is 142 cm³/mol. The number of nitrogens with one attached hydrogen (secondary N) is 1. The zero-order chi connectivity index (χ0) is 25.9. The van der Waals surface area contributed by atoms with E-state index in [1.54, 1.807) is 18.4 Å². The molecular formula is C27H38N4O5S. The molecule has 2 aliphatic heterocycles. The lowest BCUT2D eigenvalue weighted by atomic mass is 9.97. The van der Waals surface area contributed by atoms with Crippen molar-refractivity contribution in [1.29, 1.82) is 0 Å². The predicted octanol–water partition coefficient (Wildman–Crippen LogP) is 2.53. The van der Waals surface area contributed by atoms with Gasteiger partial charge < -0.3 is 24.4 Å². The number of likely N-dealkylation sites (tertiary alicyclic amines) is 2. The molecule has 202 valence electrons. The SMILES string of the molecule is COCCOCCOCC(=O)N1CCC(c2nc(C(=O)NC3CCN(Cc4ccccc4)C3)cs2)CC1. The van der Waals surface area contributed by atoms with Crippen LogP contribution in [0.15, 0.2) is 35.7 Å². The third kappa shape index (κ3) is 8.58. The lowest BCUT2D eigenvalue weighted by Gasteiger charge is -2.31. The lowest BCUT2D eigenvalue weighted by Crippen LogP contribution is -2.40. The van der Waals surface area contributed by atoms with Crippen molar-refractivity contribution in [3.05, 3.63) is 52.0 Å². The van der Waals surface area contributed by atoms with Gasteiger partial charge in [0.25, 0.3) is 5.91 Å².